The van der Waals surface area contributed by atoms with Crippen LogP contribution in [0.4, 0.5) is 4.39 Å². The number of amides is 1. The predicted molar refractivity (Wildman–Crippen MR) is 67.9 cm³/mol. The van der Waals surface area contributed by atoms with E-state index in [2.05, 4.69) is 12.6 Å². The number of carbonyl (C=O) groups is 1. The van der Waals surface area contributed by atoms with Gasteiger partial charge in [-0.25, -0.2) is 4.39 Å². The first kappa shape index (κ1) is 13.8. The molecule has 3 nitrogen and oxygen atoms in total. The van der Waals surface area contributed by atoms with Crippen LogP contribution in [0.2, 0.25) is 0 Å². The lowest BCUT2D eigenvalue weighted by molar-refractivity contribution is -0.127. The van der Waals surface area contributed by atoms with Crippen molar-refractivity contribution in [3.8, 4) is 5.75 Å². The molecule has 1 aromatic rings. The molecule has 0 aromatic heterocycles. The third-order valence-electron chi connectivity index (χ3n) is 2.28. The highest BCUT2D eigenvalue weighted by Gasteiger charge is 2.09. The van der Waals surface area contributed by atoms with Crippen LogP contribution in [0.15, 0.2) is 18.2 Å². The molecule has 0 aliphatic rings. The number of thiol groups is 1. The van der Waals surface area contributed by atoms with Crippen LogP contribution in [0.3, 0.4) is 0 Å². The van der Waals surface area contributed by atoms with E-state index in [9.17, 15) is 9.18 Å². The highest BCUT2D eigenvalue weighted by molar-refractivity contribution is 7.81. The lowest BCUT2D eigenvalue weighted by Crippen LogP contribution is -2.27. The summed E-state index contributed by atoms with van der Waals surface area (Å²) in [6.45, 7) is 2.59. The van der Waals surface area contributed by atoms with E-state index >= 15 is 0 Å². The lowest BCUT2D eigenvalue weighted by Gasteiger charge is -2.16. The minimum Gasteiger partial charge on any atom is -0.491 e. The molecule has 94 valence electrons. The summed E-state index contributed by atoms with van der Waals surface area (Å²) in [4.78, 5) is 12.8. The summed E-state index contributed by atoms with van der Waals surface area (Å²) in [6.07, 6.45) is 0. The quantitative estimate of drug-likeness (QED) is 0.819. The maximum absolute atomic E-state index is 13.5. The molecule has 0 heterocycles. The van der Waals surface area contributed by atoms with Crippen molar-refractivity contribution in [2.24, 2.45) is 0 Å². The van der Waals surface area contributed by atoms with Crippen molar-refractivity contribution in [1.29, 1.82) is 0 Å². The number of rotatable bonds is 5. The van der Waals surface area contributed by atoms with Crippen LogP contribution in [0.1, 0.15) is 12.5 Å². The molecule has 0 unspecified atom stereocenters. The first-order valence-corrected chi connectivity index (χ1v) is 5.97. The summed E-state index contributed by atoms with van der Waals surface area (Å²) < 4.78 is 18.6. The van der Waals surface area contributed by atoms with Crippen LogP contribution < -0.4 is 4.74 Å². The Hall–Kier alpha value is -1.23. The molecule has 0 saturated heterocycles. The minimum atomic E-state index is -0.406. The third kappa shape index (κ3) is 3.93. The molecule has 1 aromatic carbocycles. The SMILES string of the molecule is CCOc1ccc(CN(C)C(=O)CS)cc1F. The molecular formula is C12H16FNO2S. The molecule has 0 N–H and O–H groups in total. The number of ether oxygens (including phenoxy) is 1. The minimum absolute atomic E-state index is 0.0948. The van der Waals surface area contributed by atoms with Gasteiger partial charge in [0, 0.05) is 13.6 Å². The van der Waals surface area contributed by atoms with Crippen LogP contribution in [-0.4, -0.2) is 30.2 Å². The van der Waals surface area contributed by atoms with Gasteiger partial charge in [0.05, 0.1) is 12.4 Å². The standard InChI is InChI=1S/C12H16FNO2S/c1-3-16-11-5-4-9(6-10(11)13)7-14(2)12(15)8-17/h4-6,17H,3,7-8H2,1-2H3. The van der Waals surface area contributed by atoms with E-state index in [1.807, 2.05) is 0 Å². The number of hydrogen-bond donors (Lipinski definition) is 1. The summed E-state index contributed by atoms with van der Waals surface area (Å²) >= 11 is 3.90. The Labute approximate surface area is 106 Å². The molecule has 0 aliphatic heterocycles. The highest BCUT2D eigenvalue weighted by Crippen LogP contribution is 2.19. The molecule has 5 heteroatoms. The molecule has 1 rings (SSSR count). The van der Waals surface area contributed by atoms with E-state index in [0.29, 0.717) is 13.2 Å². The third-order valence-corrected chi connectivity index (χ3v) is 2.55. The van der Waals surface area contributed by atoms with Gasteiger partial charge in [-0.2, -0.15) is 12.6 Å². The number of benzene rings is 1. The van der Waals surface area contributed by atoms with Crippen LogP contribution >= 0.6 is 12.6 Å². The molecule has 0 bridgehead atoms. The second-order valence-corrected chi connectivity index (χ2v) is 3.92. The molecule has 0 saturated carbocycles. The largest absolute Gasteiger partial charge is 0.491 e. The molecule has 0 aliphatic carbocycles. The molecular weight excluding hydrogens is 241 g/mol. The first-order chi connectivity index (χ1) is 8.08. The summed E-state index contributed by atoms with van der Waals surface area (Å²) in [6, 6.07) is 4.71. The van der Waals surface area contributed by atoms with E-state index in [1.165, 1.54) is 11.0 Å². The average molecular weight is 257 g/mol. The summed E-state index contributed by atoms with van der Waals surface area (Å²) in [7, 11) is 1.66. The van der Waals surface area contributed by atoms with Gasteiger partial charge in [-0.1, -0.05) is 6.07 Å². The zero-order valence-electron chi connectivity index (χ0n) is 9.94. The van der Waals surface area contributed by atoms with Crippen molar-refractivity contribution < 1.29 is 13.9 Å². The Kier molecular flexibility index (Phi) is 5.28. The number of nitrogens with zero attached hydrogens (tertiary/aromatic N) is 1. The van der Waals surface area contributed by atoms with Gasteiger partial charge < -0.3 is 9.64 Å². The lowest BCUT2D eigenvalue weighted by atomic mass is 10.2. The topological polar surface area (TPSA) is 29.5 Å². The second-order valence-electron chi connectivity index (χ2n) is 3.61. The van der Waals surface area contributed by atoms with Gasteiger partial charge in [-0.05, 0) is 24.6 Å². The van der Waals surface area contributed by atoms with Crippen LogP contribution in [-0.2, 0) is 11.3 Å². The summed E-state index contributed by atoms with van der Waals surface area (Å²) in [5, 5.41) is 0. The van der Waals surface area contributed by atoms with Gasteiger partial charge in [0.1, 0.15) is 0 Å². The second kappa shape index (κ2) is 6.49. The Bertz CT molecular complexity index is 398. The fourth-order valence-corrected chi connectivity index (χ4v) is 1.64. The monoisotopic (exact) mass is 257 g/mol. The molecule has 17 heavy (non-hydrogen) atoms. The van der Waals surface area contributed by atoms with Crippen LogP contribution in [0.25, 0.3) is 0 Å². The zero-order valence-corrected chi connectivity index (χ0v) is 10.8. The van der Waals surface area contributed by atoms with Crippen LogP contribution in [0.5, 0.6) is 5.75 Å². The molecule has 1 amide bonds. The Morgan fingerprint density at radius 2 is 2.24 bits per heavy atom. The highest BCUT2D eigenvalue weighted by atomic mass is 32.1. The Morgan fingerprint density at radius 3 is 2.76 bits per heavy atom. The van der Waals surface area contributed by atoms with Crippen molar-refractivity contribution in [1.82, 2.24) is 4.90 Å². The van der Waals surface area contributed by atoms with Crippen molar-refractivity contribution in [2.45, 2.75) is 13.5 Å². The molecule has 0 atom stereocenters. The van der Waals surface area contributed by atoms with Crippen molar-refractivity contribution in [3.63, 3.8) is 0 Å². The van der Waals surface area contributed by atoms with E-state index in [-0.39, 0.29) is 17.4 Å². The average Bonchev–Trinajstić information content (AvgIpc) is 2.31. The van der Waals surface area contributed by atoms with Gasteiger partial charge in [0.2, 0.25) is 5.91 Å². The fourth-order valence-electron chi connectivity index (χ4n) is 1.40. The number of carbonyl (C=O) groups excluding carboxylic acids is 1. The maximum atomic E-state index is 13.5. The van der Waals surface area contributed by atoms with Crippen molar-refractivity contribution in [2.75, 3.05) is 19.4 Å². The van der Waals surface area contributed by atoms with Gasteiger partial charge in [0.25, 0.3) is 0 Å². The number of hydrogen-bond acceptors (Lipinski definition) is 3. The van der Waals surface area contributed by atoms with Gasteiger partial charge in [0.15, 0.2) is 11.6 Å². The Balaban J connectivity index is 2.73. The predicted octanol–water partition coefficient (Wildman–Crippen LogP) is 2.11. The van der Waals surface area contributed by atoms with Crippen LogP contribution in [0, 0.1) is 5.82 Å². The van der Waals surface area contributed by atoms with E-state index in [0.717, 1.165) is 5.56 Å². The van der Waals surface area contributed by atoms with Gasteiger partial charge in [-0.15, -0.1) is 0 Å². The normalized spacial score (nSPS) is 10.1. The fraction of sp³-hybridized carbons (Fsp3) is 0.417. The van der Waals surface area contributed by atoms with Gasteiger partial charge >= 0.3 is 0 Å². The summed E-state index contributed by atoms with van der Waals surface area (Å²) in [5.41, 5.74) is 0.726. The molecule has 0 fully saturated rings. The van der Waals surface area contributed by atoms with E-state index in [4.69, 9.17) is 4.74 Å². The van der Waals surface area contributed by atoms with E-state index in [1.54, 1.807) is 26.1 Å². The smallest absolute Gasteiger partial charge is 0.232 e. The summed E-state index contributed by atoms with van der Waals surface area (Å²) in [5.74, 6) is -0.117. The van der Waals surface area contributed by atoms with E-state index < -0.39 is 5.82 Å². The molecule has 0 spiro atoms. The van der Waals surface area contributed by atoms with Crippen molar-refractivity contribution >= 4 is 18.5 Å². The number of halogens is 1. The Morgan fingerprint density at radius 1 is 1.53 bits per heavy atom. The zero-order chi connectivity index (χ0) is 12.8. The van der Waals surface area contributed by atoms with Crippen molar-refractivity contribution in [3.05, 3.63) is 29.6 Å². The maximum Gasteiger partial charge on any atom is 0.232 e. The van der Waals surface area contributed by atoms with Gasteiger partial charge in [-0.3, -0.25) is 4.79 Å². The molecule has 0 radical (unpaired) electrons. The first-order valence-electron chi connectivity index (χ1n) is 5.34.